The van der Waals surface area contributed by atoms with Crippen LogP contribution in [0.2, 0.25) is 0 Å². The number of nitrogens with two attached hydrogens (primary N) is 1. The van der Waals surface area contributed by atoms with Gasteiger partial charge in [-0.05, 0) is 22.9 Å². The Bertz CT molecular complexity index is 305. The highest BCUT2D eigenvalue weighted by Gasteiger charge is 2.35. The molecule has 1 atom stereocenters. The fourth-order valence-electron chi connectivity index (χ4n) is 0.857. The molecule has 6 heteroatoms. The summed E-state index contributed by atoms with van der Waals surface area (Å²) in [7, 11) is 0. The van der Waals surface area contributed by atoms with Gasteiger partial charge in [0.2, 0.25) is 0 Å². The Morgan fingerprint density at radius 2 is 2.08 bits per heavy atom. The molecule has 74 valence electrons. The highest BCUT2D eigenvalue weighted by Crippen LogP contribution is 2.41. The SMILES string of the molecule is C[C@H](N)c1scc(C(F)(F)F)c1Br. The molecule has 0 saturated carbocycles. The Balaban J connectivity index is 3.14. The third kappa shape index (κ3) is 2.24. The predicted molar refractivity (Wildman–Crippen MR) is 49.6 cm³/mol. The van der Waals surface area contributed by atoms with Crippen LogP contribution in [0.4, 0.5) is 13.2 Å². The van der Waals surface area contributed by atoms with Gasteiger partial charge in [-0.1, -0.05) is 0 Å². The number of alkyl halides is 3. The standard InChI is InChI=1S/C7H7BrF3NS/c1-3(12)6-5(8)4(2-13-6)7(9,10)11/h2-3H,12H2,1H3/t3-/m0/s1. The quantitative estimate of drug-likeness (QED) is 0.832. The van der Waals surface area contributed by atoms with Gasteiger partial charge in [0, 0.05) is 20.8 Å². The molecule has 0 fully saturated rings. The van der Waals surface area contributed by atoms with Crippen molar-refractivity contribution >= 4 is 27.3 Å². The van der Waals surface area contributed by atoms with Crippen LogP contribution in [0.25, 0.3) is 0 Å². The Morgan fingerprint density at radius 1 is 1.54 bits per heavy atom. The summed E-state index contributed by atoms with van der Waals surface area (Å²) in [6, 6.07) is -0.379. The highest BCUT2D eigenvalue weighted by molar-refractivity contribution is 9.10. The molecule has 1 aromatic heterocycles. The smallest absolute Gasteiger partial charge is 0.323 e. The van der Waals surface area contributed by atoms with E-state index in [0.29, 0.717) is 4.88 Å². The van der Waals surface area contributed by atoms with Crippen LogP contribution in [0.3, 0.4) is 0 Å². The van der Waals surface area contributed by atoms with E-state index >= 15 is 0 Å². The maximum atomic E-state index is 12.3. The van der Waals surface area contributed by atoms with E-state index in [0.717, 1.165) is 16.7 Å². The van der Waals surface area contributed by atoms with Crippen molar-refractivity contribution in [2.24, 2.45) is 5.73 Å². The van der Waals surface area contributed by atoms with Crippen LogP contribution in [0.15, 0.2) is 9.85 Å². The zero-order chi connectivity index (χ0) is 10.2. The van der Waals surface area contributed by atoms with Crippen molar-refractivity contribution in [3.63, 3.8) is 0 Å². The molecule has 13 heavy (non-hydrogen) atoms. The van der Waals surface area contributed by atoms with Crippen molar-refractivity contribution in [2.75, 3.05) is 0 Å². The van der Waals surface area contributed by atoms with E-state index in [-0.39, 0.29) is 10.5 Å². The molecule has 1 nitrogen and oxygen atoms in total. The topological polar surface area (TPSA) is 26.0 Å². The average Bonchev–Trinajstić information content (AvgIpc) is 2.28. The molecule has 0 bridgehead atoms. The van der Waals surface area contributed by atoms with E-state index in [1.165, 1.54) is 0 Å². The number of hydrogen-bond donors (Lipinski definition) is 1. The second-order valence-corrected chi connectivity index (χ2v) is 4.32. The van der Waals surface area contributed by atoms with Gasteiger partial charge in [0.1, 0.15) is 0 Å². The van der Waals surface area contributed by atoms with Crippen molar-refractivity contribution in [2.45, 2.75) is 19.1 Å². The molecule has 0 aliphatic carbocycles. The zero-order valence-electron chi connectivity index (χ0n) is 6.65. The Labute approximate surface area is 85.9 Å². The molecule has 0 spiro atoms. The predicted octanol–water partition coefficient (Wildman–Crippen LogP) is 3.55. The van der Waals surface area contributed by atoms with Crippen molar-refractivity contribution in [1.29, 1.82) is 0 Å². The normalized spacial score (nSPS) is 14.6. The van der Waals surface area contributed by atoms with Crippen molar-refractivity contribution in [3.05, 3.63) is 20.3 Å². The maximum Gasteiger partial charge on any atom is 0.418 e. The van der Waals surface area contributed by atoms with Crippen LogP contribution in [0, 0.1) is 0 Å². The maximum absolute atomic E-state index is 12.3. The first-order valence-corrected chi connectivity index (χ1v) is 5.11. The van der Waals surface area contributed by atoms with Gasteiger partial charge in [0.05, 0.1) is 5.56 Å². The minimum atomic E-state index is -4.30. The van der Waals surface area contributed by atoms with E-state index in [1.54, 1.807) is 6.92 Å². The van der Waals surface area contributed by atoms with Gasteiger partial charge in [-0.25, -0.2) is 0 Å². The molecule has 1 heterocycles. The highest BCUT2D eigenvalue weighted by atomic mass is 79.9. The van der Waals surface area contributed by atoms with E-state index in [2.05, 4.69) is 15.9 Å². The van der Waals surface area contributed by atoms with Gasteiger partial charge in [-0.3, -0.25) is 0 Å². The van der Waals surface area contributed by atoms with E-state index in [4.69, 9.17) is 5.73 Å². The van der Waals surface area contributed by atoms with Gasteiger partial charge in [-0.2, -0.15) is 13.2 Å². The van der Waals surface area contributed by atoms with Crippen molar-refractivity contribution in [3.8, 4) is 0 Å². The largest absolute Gasteiger partial charge is 0.418 e. The van der Waals surface area contributed by atoms with Crippen LogP contribution in [0.5, 0.6) is 0 Å². The monoisotopic (exact) mass is 273 g/mol. The summed E-state index contributed by atoms with van der Waals surface area (Å²) in [5, 5.41) is 1.07. The Morgan fingerprint density at radius 3 is 2.31 bits per heavy atom. The number of thiophene rings is 1. The van der Waals surface area contributed by atoms with Crippen LogP contribution < -0.4 is 5.73 Å². The molecule has 2 N–H and O–H groups in total. The molecule has 0 unspecified atom stereocenters. The fourth-order valence-corrected chi connectivity index (χ4v) is 2.91. The van der Waals surface area contributed by atoms with Gasteiger partial charge >= 0.3 is 6.18 Å². The van der Waals surface area contributed by atoms with Crippen LogP contribution in [-0.2, 0) is 6.18 Å². The first-order chi connectivity index (χ1) is 5.84. The molecule has 0 aliphatic rings. The summed E-state index contributed by atoms with van der Waals surface area (Å²) in [6.45, 7) is 1.65. The summed E-state index contributed by atoms with van der Waals surface area (Å²) in [5.41, 5.74) is 4.84. The third-order valence-corrected chi connectivity index (χ3v) is 3.78. The molecular weight excluding hydrogens is 267 g/mol. The third-order valence-electron chi connectivity index (χ3n) is 1.48. The second-order valence-electron chi connectivity index (χ2n) is 2.61. The van der Waals surface area contributed by atoms with E-state index in [9.17, 15) is 13.2 Å². The lowest BCUT2D eigenvalue weighted by atomic mass is 10.2. The van der Waals surface area contributed by atoms with Gasteiger partial charge in [-0.15, -0.1) is 11.3 Å². The lowest BCUT2D eigenvalue weighted by Crippen LogP contribution is -2.06. The van der Waals surface area contributed by atoms with Crippen molar-refractivity contribution < 1.29 is 13.2 Å². The van der Waals surface area contributed by atoms with Crippen LogP contribution >= 0.6 is 27.3 Å². The molecule has 0 amide bonds. The van der Waals surface area contributed by atoms with E-state index in [1.807, 2.05) is 0 Å². The Hall–Kier alpha value is -0.0700. The average molecular weight is 274 g/mol. The molecular formula is C7H7BrF3NS. The Kier molecular flexibility index (Phi) is 3.04. The van der Waals surface area contributed by atoms with Gasteiger partial charge in [0.15, 0.2) is 0 Å². The second kappa shape index (κ2) is 3.59. The number of halogens is 4. The summed E-state index contributed by atoms with van der Waals surface area (Å²) in [6.07, 6.45) is -4.30. The minimum Gasteiger partial charge on any atom is -0.323 e. The molecule has 0 radical (unpaired) electrons. The first-order valence-electron chi connectivity index (χ1n) is 3.43. The summed E-state index contributed by atoms with van der Waals surface area (Å²) < 4.78 is 36.9. The fraction of sp³-hybridized carbons (Fsp3) is 0.429. The summed E-state index contributed by atoms with van der Waals surface area (Å²) in [4.78, 5) is 0.521. The zero-order valence-corrected chi connectivity index (χ0v) is 9.05. The molecule has 1 rings (SSSR count). The first kappa shape index (κ1) is 11.0. The van der Waals surface area contributed by atoms with Crippen molar-refractivity contribution in [1.82, 2.24) is 0 Å². The van der Waals surface area contributed by atoms with Gasteiger partial charge in [0.25, 0.3) is 0 Å². The molecule has 0 saturated heterocycles. The molecule has 0 aromatic carbocycles. The lowest BCUT2D eigenvalue weighted by molar-refractivity contribution is -0.137. The molecule has 1 aromatic rings. The van der Waals surface area contributed by atoms with E-state index < -0.39 is 11.7 Å². The van der Waals surface area contributed by atoms with Crippen LogP contribution in [0.1, 0.15) is 23.4 Å². The lowest BCUT2D eigenvalue weighted by Gasteiger charge is -2.06. The summed E-state index contributed by atoms with van der Waals surface area (Å²) >= 11 is 3.92. The van der Waals surface area contributed by atoms with Gasteiger partial charge < -0.3 is 5.73 Å². The summed E-state index contributed by atoms with van der Waals surface area (Å²) in [5.74, 6) is 0. The van der Waals surface area contributed by atoms with Crippen LogP contribution in [-0.4, -0.2) is 0 Å². The molecule has 0 aliphatic heterocycles. The number of rotatable bonds is 1. The number of hydrogen-bond acceptors (Lipinski definition) is 2. The minimum absolute atomic E-state index is 0.0694.